The van der Waals surface area contributed by atoms with E-state index in [9.17, 15) is 0 Å². The van der Waals surface area contributed by atoms with E-state index in [0.29, 0.717) is 11.9 Å². The van der Waals surface area contributed by atoms with Gasteiger partial charge in [-0.3, -0.25) is 4.99 Å². The second-order valence-corrected chi connectivity index (χ2v) is 4.39. The molecule has 1 aliphatic rings. The summed E-state index contributed by atoms with van der Waals surface area (Å²) < 4.78 is 0. The van der Waals surface area contributed by atoms with Crippen molar-refractivity contribution in [3.8, 4) is 0 Å². The minimum absolute atomic E-state index is 0.518. The Morgan fingerprint density at radius 1 is 1.44 bits per heavy atom. The van der Waals surface area contributed by atoms with E-state index in [1.807, 2.05) is 12.1 Å². The maximum atomic E-state index is 5.95. The first kappa shape index (κ1) is 11.1. The molecule has 3 N–H and O–H groups in total. The molecule has 1 saturated heterocycles. The third kappa shape index (κ3) is 2.83. The second kappa shape index (κ2) is 5.12. The van der Waals surface area contributed by atoms with Crippen molar-refractivity contribution in [1.82, 2.24) is 5.32 Å². The molecule has 0 saturated carbocycles. The zero-order valence-electron chi connectivity index (χ0n) is 9.74. The van der Waals surface area contributed by atoms with Crippen molar-refractivity contribution in [2.24, 2.45) is 10.7 Å². The van der Waals surface area contributed by atoms with E-state index in [-0.39, 0.29) is 0 Å². The van der Waals surface area contributed by atoms with Crippen molar-refractivity contribution in [2.75, 3.05) is 13.1 Å². The first-order valence-electron chi connectivity index (χ1n) is 5.86. The van der Waals surface area contributed by atoms with Crippen molar-refractivity contribution in [3.63, 3.8) is 0 Å². The molecule has 3 heteroatoms. The highest BCUT2D eigenvalue weighted by Crippen LogP contribution is 2.06. The molecule has 1 aliphatic heterocycles. The van der Waals surface area contributed by atoms with E-state index in [1.54, 1.807) is 0 Å². The molecule has 0 amide bonds. The van der Waals surface area contributed by atoms with Crippen LogP contribution in [0.2, 0.25) is 0 Å². The Bertz CT molecular complexity index is 361. The highest BCUT2D eigenvalue weighted by Gasteiger charge is 2.12. The highest BCUT2D eigenvalue weighted by atomic mass is 15.0. The van der Waals surface area contributed by atoms with Gasteiger partial charge >= 0.3 is 0 Å². The molecule has 1 heterocycles. The van der Waals surface area contributed by atoms with E-state index in [2.05, 4.69) is 29.4 Å². The zero-order chi connectivity index (χ0) is 11.4. The van der Waals surface area contributed by atoms with E-state index >= 15 is 0 Å². The maximum absolute atomic E-state index is 5.95. The summed E-state index contributed by atoms with van der Waals surface area (Å²) in [4.78, 5) is 4.44. The molecular weight excluding hydrogens is 198 g/mol. The number of nitrogens with zero attached hydrogens (tertiary/aromatic N) is 1. The summed E-state index contributed by atoms with van der Waals surface area (Å²) in [5.74, 6) is 0.647. The van der Waals surface area contributed by atoms with Crippen molar-refractivity contribution in [3.05, 3.63) is 35.4 Å². The zero-order valence-corrected chi connectivity index (χ0v) is 9.74. The fraction of sp³-hybridized carbons (Fsp3) is 0.462. The Balaban J connectivity index is 1.97. The molecule has 0 bridgehead atoms. The van der Waals surface area contributed by atoms with Gasteiger partial charge in [-0.1, -0.05) is 29.8 Å². The average molecular weight is 217 g/mol. The summed E-state index contributed by atoms with van der Waals surface area (Å²) in [6.45, 7) is 3.98. The lowest BCUT2D eigenvalue weighted by Crippen LogP contribution is -2.26. The fourth-order valence-electron chi connectivity index (χ4n) is 1.94. The van der Waals surface area contributed by atoms with E-state index in [0.717, 1.165) is 18.7 Å². The Kier molecular flexibility index (Phi) is 3.57. The van der Waals surface area contributed by atoms with Crippen molar-refractivity contribution < 1.29 is 0 Å². The molecule has 0 spiro atoms. The largest absolute Gasteiger partial charge is 0.384 e. The summed E-state index contributed by atoms with van der Waals surface area (Å²) >= 11 is 0. The van der Waals surface area contributed by atoms with Crippen LogP contribution in [0.4, 0.5) is 0 Å². The van der Waals surface area contributed by atoms with Crippen LogP contribution in [0.5, 0.6) is 0 Å². The molecule has 2 rings (SSSR count). The lowest BCUT2D eigenvalue weighted by molar-refractivity contribution is 0.617. The monoisotopic (exact) mass is 217 g/mol. The molecule has 1 unspecified atom stereocenters. The number of nitrogens with one attached hydrogen (secondary N) is 1. The van der Waals surface area contributed by atoms with Gasteiger partial charge in [0.15, 0.2) is 0 Å². The number of rotatable bonds is 3. The molecule has 16 heavy (non-hydrogen) atoms. The molecule has 0 aromatic heterocycles. The van der Waals surface area contributed by atoms with Gasteiger partial charge in [0, 0.05) is 11.6 Å². The third-order valence-corrected chi connectivity index (χ3v) is 2.99. The Morgan fingerprint density at radius 3 is 2.81 bits per heavy atom. The van der Waals surface area contributed by atoms with Crippen LogP contribution < -0.4 is 11.1 Å². The van der Waals surface area contributed by atoms with Crippen LogP contribution >= 0.6 is 0 Å². The Labute approximate surface area is 96.8 Å². The first-order chi connectivity index (χ1) is 7.75. The number of benzene rings is 1. The molecule has 86 valence electrons. The van der Waals surface area contributed by atoms with E-state index in [4.69, 9.17) is 5.73 Å². The molecule has 1 atom stereocenters. The molecular formula is C13H19N3. The predicted octanol–water partition coefficient (Wildman–Crippen LogP) is 1.45. The second-order valence-electron chi connectivity index (χ2n) is 4.39. The van der Waals surface area contributed by atoms with Gasteiger partial charge in [-0.25, -0.2) is 0 Å². The van der Waals surface area contributed by atoms with Crippen LogP contribution in [0.1, 0.15) is 24.0 Å². The first-order valence-corrected chi connectivity index (χ1v) is 5.86. The normalized spacial score (nSPS) is 21.3. The van der Waals surface area contributed by atoms with Gasteiger partial charge in [0.1, 0.15) is 5.84 Å². The summed E-state index contributed by atoms with van der Waals surface area (Å²) in [5.41, 5.74) is 8.21. The number of hydrogen-bond donors (Lipinski definition) is 2. The predicted molar refractivity (Wildman–Crippen MR) is 67.8 cm³/mol. The summed E-state index contributed by atoms with van der Waals surface area (Å²) in [7, 11) is 0. The number of hydrogen-bond acceptors (Lipinski definition) is 2. The van der Waals surface area contributed by atoms with Gasteiger partial charge in [-0.2, -0.15) is 0 Å². The van der Waals surface area contributed by atoms with Gasteiger partial charge in [0.2, 0.25) is 0 Å². The summed E-state index contributed by atoms with van der Waals surface area (Å²) in [6, 6.07) is 8.69. The summed E-state index contributed by atoms with van der Waals surface area (Å²) in [6.07, 6.45) is 2.47. The lowest BCUT2D eigenvalue weighted by atomic mass is 10.1. The molecule has 1 aromatic carbocycles. The van der Waals surface area contributed by atoms with Crippen LogP contribution in [-0.2, 0) is 0 Å². The Hall–Kier alpha value is -1.35. The topological polar surface area (TPSA) is 50.4 Å². The smallest absolute Gasteiger partial charge is 0.125 e. The standard InChI is InChI=1S/C13H19N3/c1-10-4-6-11(7-5-10)13(14)16-9-12-3-2-8-15-12/h4-7,12,15H,2-3,8-9H2,1H3,(H2,14,16). The fourth-order valence-corrected chi connectivity index (χ4v) is 1.94. The number of amidine groups is 1. The van der Waals surface area contributed by atoms with Crippen LogP contribution in [-0.4, -0.2) is 25.0 Å². The summed E-state index contributed by atoms with van der Waals surface area (Å²) in [5, 5.41) is 3.41. The minimum atomic E-state index is 0.518. The minimum Gasteiger partial charge on any atom is -0.384 e. The molecule has 0 aliphatic carbocycles. The molecule has 1 fully saturated rings. The van der Waals surface area contributed by atoms with Gasteiger partial charge in [-0.05, 0) is 26.3 Å². The van der Waals surface area contributed by atoms with Gasteiger partial charge in [0.25, 0.3) is 0 Å². The van der Waals surface area contributed by atoms with Crippen LogP contribution in [0.15, 0.2) is 29.3 Å². The van der Waals surface area contributed by atoms with Crippen molar-refractivity contribution >= 4 is 5.84 Å². The van der Waals surface area contributed by atoms with Crippen molar-refractivity contribution in [2.45, 2.75) is 25.8 Å². The van der Waals surface area contributed by atoms with Gasteiger partial charge in [-0.15, -0.1) is 0 Å². The molecule has 1 aromatic rings. The quantitative estimate of drug-likeness (QED) is 0.595. The lowest BCUT2D eigenvalue weighted by Gasteiger charge is -2.07. The van der Waals surface area contributed by atoms with Gasteiger partial charge < -0.3 is 11.1 Å². The van der Waals surface area contributed by atoms with Crippen LogP contribution in [0.25, 0.3) is 0 Å². The molecule has 3 nitrogen and oxygen atoms in total. The van der Waals surface area contributed by atoms with Gasteiger partial charge in [0.05, 0.1) is 6.54 Å². The maximum Gasteiger partial charge on any atom is 0.125 e. The number of nitrogens with two attached hydrogens (primary N) is 1. The third-order valence-electron chi connectivity index (χ3n) is 2.99. The van der Waals surface area contributed by atoms with Crippen LogP contribution in [0, 0.1) is 6.92 Å². The van der Waals surface area contributed by atoms with Crippen LogP contribution in [0.3, 0.4) is 0 Å². The van der Waals surface area contributed by atoms with E-state index < -0.39 is 0 Å². The number of aryl methyl sites for hydroxylation is 1. The van der Waals surface area contributed by atoms with Crippen molar-refractivity contribution in [1.29, 1.82) is 0 Å². The number of aliphatic imine (C=N–C) groups is 1. The average Bonchev–Trinajstić information content (AvgIpc) is 2.80. The SMILES string of the molecule is Cc1ccc(C(N)=NCC2CCCN2)cc1. The molecule has 0 radical (unpaired) electrons. The van der Waals surface area contributed by atoms with E-state index in [1.165, 1.54) is 18.4 Å². The Morgan fingerprint density at radius 2 is 2.19 bits per heavy atom. The highest BCUT2D eigenvalue weighted by molar-refractivity contribution is 5.97.